The zero-order valence-corrected chi connectivity index (χ0v) is 45.5. The van der Waals surface area contributed by atoms with Crippen molar-refractivity contribution in [1.82, 2.24) is 31.9 Å². The highest BCUT2D eigenvalue weighted by molar-refractivity contribution is 8.77. The number of carbonyl (C=O) groups excluding carboxylic acids is 3. The molecule has 0 aliphatic rings. The van der Waals surface area contributed by atoms with Gasteiger partial charge >= 0.3 is 0 Å². The van der Waals surface area contributed by atoms with E-state index in [-0.39, 0.29) is 11.6 Å². The Bertz CT molecular complexity index is 1680. The van der Waals surface area contributed by atoms with Crippen LogP contribution in [0.1, 0.15) is 79.8 Å². The zero-order chi connectivity index (χ0) is 47.2. The molecule has 3 aromatic carbocycles. The monoisotopic (exact) mass is 1040 g/mol. The summed E-state index contributed by atoms with van der Waals surface area (Å²) in [4.78, 5) is 32.7. The van der Waals surface area contributed by atoms with Crippen molar-refractivity contribution in [2.24, 2.45) is 0 Å². The Balaban J connectivity index is 0.000000480. The van der Waals surface area contributed by atoms with E-state index in [1.54, 1.807) is 78.6 Å². The average molecular weight is 1040 g/mol. The summed E-state index contributed by atoms with van der Waals surface area (Å²) in [5.41, 5.74) is 7.45. The summed E-state index contributed by atoms with van der Waals surface area (Å²) in [6, 6.07) is 25.2. The van der Waals surface area contributed by atoms with Gasteiger partial charge in [-0.15, -0.1) is 0 Å². The molecule has 0 saturated carbocycles. The molecule has 0 aliphatic carbocycles. The highest BCUT2D eigenvalue weighted by Gasteiger charge is 2.02. The molecule has 9 nitrogen and oxygen atoms in total. The highest BCUT2D eigenvalue weighted by atomic mass is 33.1. The third kappa shape index (κ3) is 37.0. The number of ketones is 3. The van der Waals surface area contributed by atoms with E-state index in [0.29, 0.717) is 46.8 Å². The fraction of sp³-hybridized carbons (Fsp3) is 0.478. The van der Waals surface area contributed by atoms with Gasteiger partial charge in [-0.2, -0.15) is 0 Å². The van der Waals surface area contributed by atoms with Crippen LogP contribution >= 0.6 is 101 Å². The minimum atomic E-state index is 0.253. The fourth-order valence-electron chi connectivity index (χ4n) is 4.53. The molecule has 3 aromatic rings. The first-order valence-corrected chi connectivity index (χ1v) is 29.9. The maximum absolute atomic E-state index is 11.1. The van der Waals surface area contributed by atoms with Crippen molar-refractivity contribution < 1.29 is 14.4 Å². The van der Waals surface area contributed by atoms with E-state index in [1.807, 2.05) is 6.92 Å². The van der Waals surface area contributed by atoms with Crippen molar-refractivity contribution in [1.29, 1.82) is 0 Å². The summed E-state index contributed by atoms with van der Waals surface area (Å²) in [5, 5.41) is 21.2. The smallest absolute Gasteiger partial charge is 0.166 e. The largest absolute Gasteiger partial charge is 0.362 e. The lowest BCUT2D eigenvalue weighted by molar-refractivity contribution is -0.118. The Morgan fingerprint density at radius 1 is 0.422 bits per heavy atom. The molecule has 0 aromatic heterocycles. The number of benzene rings is 3. The lowest BCUT2D eigenvalue weighted by Crippen LogP contribution is -2.35. The number of hydrogen-bond acceptors (Lipinski definition) is 12. The van der Waals surface area contributed by atoms with Gasteiger partial charge in [0.2, 0.25) is 0 Å². The summed E-state index contributed by atoms with van der Waals surface area (Å²) in [6.45, 7) is 16.1. The standard InChI is InChI=1S/C16H24N2OS3.2C15H22N2OS3/c1-3-15(19)8-10-21-22-11-9-17-16(20)18-12-14-6-4-13(2)5-7-14;2*1-12-3-5-14(6-4-12)11-17-15(19)16-8-10-21-20-9-7-13(2)18/h4-7H,3,8-12H2,1-2H3,(H2,17,18,20);2*3-6H,7-11H2,1-2H3,(H2,16,17,19). The second-order valence-electron chi connectivity index (χ2n) is 14.3. The third-order valence-electron chi connectivity index (χ3n) is 8.32. The molecular formula is C46H68N6O3S9. The van der Waals surface area contributed by atoms with Crippen molar-refractivity contribution >= 4 is 134 Å². The van der Waals surface area contributed by atoms with Gasteiger partial charge < -0.3 is 31.9 Å². The molecule has 6 N–H and O–H groups in total. The predicted octanol–water partition coefficient (Wildman–Crippen LogP) is 10.3. The van der Waals surface area contributed by atoms with E-state index < -0.39 is 0 Å². The molecule has 64 heavy (non-hydrogen) atoms. The van der Waals surface area contributed by atoms with Crippen LogP contribution in [0.25, 0.3) is 0 Å². The first-order valence-electron chi connectivity index (χ1n) is 21.2. The SMILES string of the molecule is CC(=O)CCSSCCNC(=S)NCc1ccc(C)cc1.CC(=O)CCSSCCNC(=S)NCc1ccc(C)cc1.CCC(=O)CCSSCCNC(=S)NCc1ccc(C)cc1. The lowest BCUT2D eigenvalue weighted by atomic mass is 10.1. The van der Waals surface area contributed by atoms with Gasteiger partial charge in [-0.3, -0.25) is 14.4 Å². The van der Waals surface area contributed by atoms with Crippen molar-refractivity contribution in [3.63, 3.8) is 0 Å². The molecule has 354 valence electrons. The number of carbonyl (C=O) groups is 3. The molecule has 3 rings (SSSR count). The summed E-state index contributed by atoms with van der Waals surface area (Å²) in [7, 11) is 10.5. The van der Waals surface area contributed by atoms with Crippen molar-refractivity contribution in [3.05, 3.63) is 106 Å². The van der Waals surface area contributed by atoms with Gasteiger partial charge in [0.25, 0.3) is 0 Å². The minimum Gasteiger partial charge on any atom is -0.362 e. The molecule has 0 fully saturated rings. The molecule has 0 atom stereocenters. The first-order chi connectivity index (χ1) is 30.8. The molecule has 0 spiro atoms. The van der Waals surface area contributed by atoms with E-state index in [2.05, 4.69) is 125 Å². The van der Waals surface area contributed by atoms with Gasteiger partial charge in [-0.05, 0) is 88.0 Å². The molecule has 0 heterocycles. The van der Waals surface area contributed by atoms with E-state index in [4.69, 9.17) is 36.7 Å². The molecular weight excluding hydrogens is 973 g/mol. The number of hydrogen-bond donors (Lipinski definition) is 6. The molecule has 18 heteroatoms. The fourth-order valence-corrected chi connectivity index (χ4v) is 11.0. The molecule has 0 radical (unpaired) electrons. The van der Waals surface area contributed by atoms with Gasteiger partial charge in [-0.25, -0.2) is 0 Å². The summed E-state index contributed by atoms with van der Waals surface area (Å²) in [6.07, 6.45) is 2.63. The molecule has 0 aliphatic heterocycles. The molecule has 0 amide bonds. The van der Waals surface area contributed by atoms with Gasteiger partial charge in [0.15, 0.2) is 15.3 Å². The van der Waals surface area contributed by atoms with Crippen LogP contribution in [-0.4, -0.2) is 86.8 Å². The van der Waals surface area contributed by atoms with Crippen LogP contribution in [0, 0.1) is 20.8 Å². The summed E-state index contributed by atoms with van der Waals surface area (Å²) >= 11 is 15.7. The molecule has 0 unspecified atom stereocenters. The topological polar surface area (TPSA) is 123 Å². The van der Waals surface area contributed by atoms with Gasteiger partial charge in [-0.1, -0.05) is 161 Å². The van der Waals surface area contributed by atoms with Crippen LogP contribution in [0.15, 0.2) is 72.8 Å². The Labute approximate surface area is 424 Å². The van der Waals surface area contributed by atoms with Crippen molar-refractivity contribution in [2.45, 2.75) is 86.9 Å². The van der Waals surface area contributed by atoms with Gasteiger partial charge in [0, 0.05) is 99.5 Å². The Hall–Kier alpha value is -2.16. The van der Waals surface area contributed by atoms with E-state index in [1.165, 1.54) is 33.4 Å². The van der Waals surface area contributed by atoms with Crippen LogP contribution in [0.5, 0.6) is 0 Å². The second-order valence-corrected chi connectivity index (χ2v) is 23.6. The normalized spacial score (nSPS) is 10.2. The van der Waals surface area contributed by atoms with E-state index in [9.17, 15) is 14.4 Å². The minimum absolute atomic E-state index is 0.253. The number of Topliss-reactive ketones (excluding diaryl/α,β-unsaturated/α-hetero) is 3. The van der Waals surface area contributed by atoms with Crippen LogP contribution in [0.4, 0.5) is 0 Å². The van der Waals surface area contributed by atoms with Crippen LogP contribution in [-0.2, 0) is 34.0 Å². The quantitative estimate of drug-likeness (QED) is 0.0235. The average Bonchev–Trinajstić information content (AvgIpc) is 3.27. The van der Waals surface area contributed by atoms with Gasteiger partial charge in [0.1, 0.15) is 17.3 Å². The van der Waals surface area contributed by atoms with Crippen LogP contribution in [0.3, 0.4) is 0 Å². The lowest BCUT2D eigenvalue weighted by Gasteiger charge is -2.10. The Morgan fingerprint density at radius 3 is 0.953 bits per heavy atom. The number of thiocarbonyl (C=S) groups is 3. The highest BCUT2D eigenvalue weighted by Crippen LogP contribution is 2.22. The molecule has 0 bridgehead atoms. The van der Waals surface area contributed by atoms with E-state index in [0.717, 1.165) is 73.8 Å². The Kier molecular flexibility index (Phi) is 37.4. The van der Waals surface area contributed by atoms with E-state index >= 15 is 0 Å². The first kappa shape index (κ1) is 59.9. The number of nitrogens with one attached hydrogen (secondary N) is 6. The third-order valence-corrected chi connectivity index (χ3v) is 16.4. The maximum atomic E-state index is 11.1. The second kappa shape index (κ2) is 40.0. The van der Waals surface area contributed by atoms with Crippen molar-refractivity contribution in [3.8, 4) is 0 Å². The van der Waals surface area contributed by atoms with Crippen LogP contribution < -0.4 is 31.9 Å². The maximum Gasteiger partial charge on any atom is 0.166 e. The summed E-state index contributed by atoms with van der Waals surface area (Å²) < 4.78 is 0. The summed E-state index contributed by atoms with van der Waals surface area (Å²) in [5.74, 6) is 6.42. The van der Waals surface area contributed by atoms with Gasteiger partial charge in [0.05, 0.1) is 0 Å². The predicted molar refractivity (Wildman–Crippen MR) is 301 cm³/mol. The number of aryl methyl sites for hydroxylation is 3. The number of rotatable bonds is 28. The van der Waals surface area contributed by atoms with Crippen molar-refractivity contribution in [2.75, 3.05) is 54.2 Å². The zero-order valence-electron chi connectivity index (χ0n) is 38.1. The van der Waals surface area contributed by atoms with Crippen LogP contribution in [0.2, 0.25) is 0 Å². The molecule has 0 saturated heterocycles. The Morgan fingerprint density at radius 2 is 0.688 bits per heavy atom.